The Morgan fingerprint density at radius 2 is 2.00 bits per heavy atom. The lowest BCUT2D eigenvalue weighted by Crippen LogP contribution is -2.43. The van der Waals surface area contributed by atoms with Gasteiger partial charge < -0.3 is 9.84 Å². The van der Waals surface area contributed by atoms with Crippen molar-refractivity contribution in [3.05, 3.63) is 17.0 Å². The number of aromatic nitrogens is 1. The summed E-state index contributed by atoms with van der Waals surface area (Å²) in [6.45, 7) is 2.32. The number of nitrogens with two attached hydrogens (primary N) is 1. The zero-order valence-electron chi connectivity index (χ0n) is 15.2. The maximum atomic E-state index is 12.5. The summed E-state index contributed by atoms with van der Waals surface area (Å²) in [6.07, 6.45) is 3.99. The summed E-state index contributed by atoms with van der Waals surface area (Å²) in [7, 11) is -3.67. The van der Waals surface area contributed by atoms with Crippen LogP contribution in [0.2, 0.25) is 0 Å². The first-order valence-electron chi connectivity index (χ1n) is 9.26. The number of amides is 1. The Labute approximate surface area is 157 Å². The van der Waals surface area contributed by atoms with Gasteiger partial charge in [0.05, 0.1) is 17.8 Å². The Bertz CT molecular complexity index is 881. The van der Waals surface area contributed by atoms with Gasteiger partial charge in [-0.15, -0.1) is 0 Å². The maximum absolute atomic E-state index is 12.5. The number of nitrogens with one attached hydrogen (secondary N) is 1. The topological polar surface area (TPSA) is 136 Å². The fourth-order valence-electron chi connectivity index (χ4n) is 4.20. The normalized spacial score (nSPS) is 24.7. The lowest BCUT2D eigenvalue weighted by Gasteiger charge is -2.30. The molecule has 1 aromatic rings. The number of nitrogens with zero attached hydrogens (tertiary/aromatic N) is 2. The largest absolute Gasteiger partial charge is 0.361 e. The fraction of sp³-hybridized carbons (Fsp3) is 0.706. The Morgan fingerprint density at radius 1 is 1.33 bits per heavy atom. The molecule has 27 heavy (non-hydrogen) atoms. The molecule has 2 saturated carbocycles. The number of rotatable bonds is 6. The molecule has 9 nitrogen and oxygen atoms in total. The highest BCUT2D eigenvalue weighted by molar-refractivity contribution is 7.86. The van der Waals surface area contributed by atoms with Crippen molar-refractivity contribution in [2.75, 3.05) is 19.6 Å². The molecule has 1 saturated heterocycles. The zero-order valence-corrected chi connectivity index (χ0v) is 16.0. The Kier molecular flexibility index (Phi) is 4.39. The van der Waals surface area contributed by atoms with Gasteiger partial charge in [0.15, 0.2) is 5.78 Å². The predicted octanol–water partition coefficient (Wildman–Crippen LogP) is 0.465. The molecule has 2 aliphatic carbocycles. The molecule has 1 aromatic heterocycles. The van der Waals surface area contributed by atoms with E-state index in [0.29, 0.717) is 48.9 Å². The molecule has 4 rings (SSSR count). The molecular weight excluding hydrogens is 372 g/mol. The fourth-order valence-corrected chi connectivity index (χ4v) is 4.89. The van der Waals surface area contributed by atoms with E-state index in [1.54, 1.807) is 6.92 Å². The third-order valence-corrected chi connectivity index (χ3v) is 7.22. The second-order valence-electron chi connectivity index (χ2n) is 7.98. The van der Waals surface area contributed by atoms with Crippen molar-refractivity contribution in [2.24, 2.45) is 16.5 Å². The van der Waals surface area contributed by atoms with Crippen LogP contribution in [0, 0.1) is 18.3 Å². The van der Waals surface area contributed by atoms with Crippen molar-refractivity contribution in [3.8, 4) is 0 Å². The van der Waals surface area contributed by atoms with E-state index < -0.39 is 10.2 Å². The third-order valence-electron chi connectivity index (χ3n) is 6.14. The van der Waals surface area contributed by atoms with Crippen molar-refractivity contribution in [2.45, 2.75) is 44.9 Å². The molecule has 1 atom stereocenters. The van der Waals surface area contributed by atoms with Crippen LogP contribution in [-0.2, 0) is 15.0 Å². The van der Waals surface area contributed by atoms with E-state index >= 15 is 0 Å². The summed E-state index contributed by atoms with van der Waals surface area (Å²) < 4.78 is 29.2. The molecule has 0 aromatic carbocycles. The number of hydrogen-bond acceptors (Lipinski definition) is 6. The van der Waals surface area contributed by atoms with Crippen molar-refractivity contribution in [3.63, 3.8) is 0 Å². The van der Waals surface area contributed by atoms with Gasteiger partial charge >= 0.3 is 0 Å². The SMILES string of the molecule is Cc1onc(C2CC2)c1C(=O)CNC(=O)C1CC12CCN(S(N)(=O)=O)CC2. The molecule has 3 N–H and O–H groups in total. The van der Waals surface area contributed by atoms with E-state index in [9.17, 15) is 18.0 Å². The molecule has 0 bridgehead atoms. The quantitative estimate of drug-likeness (QED) is 0.671. The van der Waals surface area contributed by atoms with Crippen LogP contribution in [0.3, 0.4) is 0 Å². The van der Waals surface area contributed by atoms with Crippen LogP contribution in [0.25, 0.3) is 0 Å². The number of hydrogen-bond donors (Lipinski definition) is 2. The second-order valence-corrected chi connectivity index (χ2v) is 9.52. The predicted molar refractivity (Wildman–Crippen MR) is 95.0 cm³/mol. The molecule has 3 fully saturated rings. The third kappa shape index (κ3) is 3.53. The number of Topliss-reactive ketones (excluding diaryl/α,β-unsaturated/α-hetero) is 1. The smallest absolute Gasteiger partial charge is 0.276 e. The van der Waals surface area contributed by atoms with Crippen LogP contribution < -0.4 is 10.5 Å². The van der Waals surface area contributed by atoms with E-state index in [4.69, 9.17) is 9.66 Å². The van der Waals surface area contributed by atoms with Crippen molar-refractivity contribution in [1.82, 2.24) is 14.8 Å². The second kappa shape index (κ2) is 6.39. The number of ketones is 1. The van der Waals surface area contributed by atoms with Gasteiger partial charge in [-0.3, -0.25) is 9.59 Å². The van der Waals surface area contributed by atoms with Crippen LogP contribution in [0.4, 0.5) is 0 Å². The van der Waals surface area contributed by atoms with Crippen molar-refractivity contribution < 1.29 is 22.5 Å². The Balaban J connectivity index is 1.31. The van der Waals surface area contributed by atoms with E-state index in [1.807, 2.05) is 0 Å². The number of piperidine rings is 1. The minimum Gasteiger partial charge on any atom is -0.361 e. The minimum atomic E-state index is -3.67. The van der Waals surface area contributed by atoms with Gasteiger partial charge in [0.1, 0.15) is 5.76 Å². The van der Waals surface area contributed by atoms with Gasteiger partial charge in [-0.05, 0) is 44.4 Å². The van der Waals surface area contributed by atoms with Crippen LogP contribution in [0.15, 0.2) is 4.52 Å². The Morgan fingerprint density at radius 3 is 2.59 bits per heavy atom. The molecule has 3 aliphatic rings. The standard InChI is InChI=1S/C17H24N4O5S/c1-10-14(15(20-26-10)11-2-3-11)13(22)9-19-16(23)12-8-17(12)4-6-21(7-5-17)27(18,24)25/h11-12H,2-9H2,1H3,(H,19,23)(H2,18,24,25). The van der Waals surface area contributed by atoms with Crippen LogP contribution in [0.5, 0.6) is 0 Å². The van der Waals surface area contributed by atoms with Gasteiger partial charge in [-0.25, -0.2) is 5.14 Å². The van der Waals surface area contributed by atoms with Crippen LogP contribution >= 0.6 is 0 Å². The summed E-state index contributed by atoms with van der Waals surface area (Å²) >= 11 is 0. The van der Waals surface area contributed by atoms with Gasteiger partial charge in [-0.2, -0.15) is 12.7 Å². The maximum Gasteiger partial charge on any atom is 0.276 e. The van der Waals surface area contributed by atoms with Gasteiger partial charge in [-0.1, -0.05) is 5.16 Å². The van der Waals surface area contributed by atoms with E-state index in [2.05, 4.69) is 10.5 Å². The molecule has 1 spiro atoms. The number of aryl methyl sites for hydroxylation is 1. The molecule has 148 valence electrons. The molecule has 2 heterocycles. The summed E-state index contributed by atoms with van der Waals surface area (Å²) in [6, 6.07) is 0. The molecule has 1 amide bonds. The Hall–Kier alpha value is -1.78. The summed E-state index contributed by atoms with van der Waals surface area (Å²) in [5.74, 6) is 0.304. The summed E-state index contributed by atoms with van der Waals surface area (Å²) in [5.41, 5.74) is 1.07. The van der Waals surface area contributed by atoms with E-state index in [-0.39, 0.29) is 29.6 Å². The molecule has 1 unspecified atom stereocenters. The number of carbonyl (C=O) groups is 2. The summed E-state index contributed by atoms with van der Waals surface area (Å²) in [4.78, 5) is 25.0. The first-order valence-corrected chi connectivity index (χ1v) is 10.8. The molecular formula is C17H24N4O5S. The van der Waals surface area contributed by atoms with Crippen LogP contribution in [0.1, 0.15) is 59.8 Å². The average Bonchev–Trinajstić information content (AvgIpc) is 3.52. The highest BCUT2D eigenvalue weighted by Gasteiger charge is 2.59. The van der Waals surface area contributed by atoms with Gasteiger partial charge in [0, 0.05) is 24.9 Å². The highest BCUT2D eigenvalue weighted by atomic mass is 32.2. The van der Waals surface area contributed by atoms with Crippen LogP contribution in [-0.4, -0.2) is 49.2 Å². The number of carbonyl (C=O) groups excluding carboxylic acids is 2. The van der Waals surface area contributed by atoms with Crippen molar-refractivity contribution >= 4 is 21.9 Å². The first kappa shape index (κ1) is 18.6. The van der Waals surface area contributed by atoms with E-state index in [1.165, 1.54) is 4.31 Å². The van der Waals surface area contributed by atoms with Crippen molar-refractivity contribution in [1.29, 1.82) is 0 Å². The average molecular weight is 396 g/mol. The molecule has 10 heteroatoms. The molecule has 0 radical (unpaired) electrons. The highest BCUT2D eigenvalue weighted by Crippen LogP contribution is 2.59. The lowest BCUT2D eigenvalue weighted by molar-refractivity contribution is -0.123. The first-order chi connectivity index (χ1) is 12.7. The lowest BCUT2D eigenvalue weighted by atomic mass is 9.91. The monoisotopic (exact) mass is 396 g/mol. The van der Waals surface area contributed by atoms with Gasteiger partial charge in [0.2, 0.25) is 5.91 Å². The zero-order chi connectivity index (χ0) is 19.4. The molecule has 1 aliphatic heterocycles. The van der Waals surface area contributed by atoms with Gasteiger partial charge in [0.25, 0.3) is 10.2 Å². The minimum absolute atomic E-state index is 0.0729. The summed E-state index contributed by atoms with van der Waals surface area (Å²) in [5, 5.41) is 11.9. The van der Waals surface area contributed by atoms with E-state index in [0.717, 1.165) is 19.3 Å².